The minimum absolute atomic E-state index is 0.0545. The van der Waals surface area contributed by atoms with Gasteiger partial charge >= 0.3 is 0 Å². The molecular formula is C20H21N3O2S. The number of hydrogen-bond acceptors (Lipinski definition) is 4. The number of nitrogens with zero attached hydrogens (tertiary/aromatic N) is 2. The molecule has 1 N–H and O–H groups in total. The maximum atomic E-state index is 12.2. The van der Waals surface area contributed by atoms with Gasteiger partial charge in [-0.1, -0.05) is 18.2 Å². The van der Waals surface area contributed by atoms with Crippen LogP contribution in [0, 0.1) is 13.8 Å². The minimum Gasteiger partial charge on any atom is -0.326 e. The van der Waals surface area contributed by atoms with Crippen molar-refractivity contribution in [3.05, 3.63) is 69.3 Å². The topological polar surface area (TPSA) is 64.0 Å². The average Bonchev–Trinajstić information content (AvgIpc) is 3.14. The SMILES string of the molecule is Cc1ccc(C)c(NC(=O)CCCn2nc(-c3cccs3)ccc2=O)c1. The van der Waals surface area contributed by atoms with Gasteiger partial charge in [-0.15, -0.1) is 11.3 Å². The van der Waals surface area contributed by atoms with Crippen LogP contribution in [-0.4, -0.2) is 15.7 Å². The molecule has 3 rings (SSSR count). The Balaban J connectivity index is 1.59. The van der Waals surface area contributed by atoms with Crippen molar-refractivity contribution in [2.75, 3.05) is 5.32 Å². The Bertz CT molecular complexity index is 961. The summed E-state index contributed by atoms with van der Waals surface area (Å²) in [6.45, 7) is 4.38. The number of hydrogen-bond donors (Lipinski definition) is 1. The molecule has 5 nitrogen and oxygen atoms in total. The second-order valence-corrected chi connectivity index (χ2v) is 7.18. The molecule has 3 aromatic rings. The van der Waals surface area contributed by atoms with Crippen LogP contribution < -0.4 is 10.9 Å². The number of amides is 1. The first-order valence-electron chi connectivity index (χ1n) is 8.52. The highest BCUT2D eigenvalue weighted by Crippen LogP contribution is 2.21. The van der Waals surface area contributed by atoms with E-state index in [0.29, 0.717) is 19.4 Å². The van der Waals surface area contributed by atoms with E-state index < -0.39 is 0 Å². The number of carbonyl (C=O) groups is 1. The Hall–Kier alpha value is -2.73. The number of thiophene rings is 1. The van der Waals surface area contributed by atoms with Gasteiger partial charge in [-0.2, -0.15) is 5.10 Å². The zero-order chi connectivity index (χ0) is 18.5. The molecule has 0 aliphatic carbocycles. The van der Waals surface area contributed by atoms with E-state index >= 15 is 0 Å². The predicted molar refractivity (Wildman–Crippen MR) is 106 cm³/mol. The summed E-state index contributed by atoms with van der Waals surface area (Å²) in [5, 5.41) is 9.32. The Morgan fingerprint density at radius 3 is 2.81 bits per heavy atom. The fourth-order valence-electron chi connectivity index (χ4n) is 2.64. The number of anilines is 1. The lowest BCUT2D eigenvalue weighted by Gasteiger charge is -2.10. The average molecular weight is 367 g/mol. The second kappa shape index (κ2) is 8.10. The molecule has 0 aliphatic rings. The van der Waals surface area contributed by atoms with Gasteiger partial charge in [0.1, 0.15) is 5.69 Å². The quantitative estimate of drug-likeness (QED) is 0.716. The fraction of sp³-hybridized carbons (Fsp3) is 0.250. The second-order valence-electron chi connectivity index (χ2n) is 6.23. The molecule has 2 heterocycles. The van der Waals surface area contributed by atoms with Crippen LogP contribution >= 0.6 is 11.3 Å². The number of benzene rings is 1. The van der Waals surface area contributed by atoms with Gasteiger partial charge in [0, 0.05) is 24.7 Å². The molecular weight excluding hydrogens is 346 g/mol. The lowest BCUT2D eigenvalue weighted by atomic mass is 10.1. The molecule has 0 aliphatic heterocycles. The highest BCUT2D eigenvalue weighted by molar-refractivity contribution is 7.13. The number of aromatic nitrogens is 2. The third-order valence-electron chi connectivity index (χ3n) is 4.08. The van der Waals surface area contributed by atoms with Crippen LogP contribution in [0.2, 0.25) is 0 Å². The highest BCUT2D eigenvalue weighted by Gasteiger charge is 2.07. The first-order valence-corrected chi connectivity index (χ1v) is 9.40. The molecule has 0 bridgehead atoms. The van der Waals surface area contributed by atoms with Crippen molar-refractivity contribution in [3.8, 4) is 10.6 Å². The van der Waals surface area contributed by atoms with Crippen molar-refractivity contribution in [1.29, 1.82) is 0 Å². The van der Waals surface area contributed by atoms with Crippen molar-refractivity contribution >= 4 is 22.9 Å². The normalized spacial score (nSPS) is 10.7. The molecule has 26 heavy (non-hydrogen) atoms. The van der Waals surface area contributed by atoms with Gasteiger partial charge in [0.2, 0.25) is 5.91 Å². The van der Waals surface area contributed by atoms with Crippen LogP contribution in [-0.2, 0) is 11.3 Å². The summed E-state index contributed by atoms with van der Waals surface area (Å²) in [7, 11) is 0. The molecule has 0 radical (unpaired) electrons. The van der Waals surface area contributed by atoms with E-state index in [-0.39, 0.29) is 11.5 Å². The molecule has 1 amide bonds. The molecule has 0 saturated heterocycles. The maximum Gasteiger partial charge on any atom is 0.266 e. The van der Waals surface area contributed by atoms with E-state index in [2.05, 4.69) is 10.4 Å². The van der Waals surface area contributed by atoms with Crippen LogP contribution in [0.15, 0.2) is 52.6 Å². The first-order chi connectivity index (χ1) is 12.5. The lowest BCUT2D eigenvalue weighted by Crippen LogP contribution is -2.23. The molecule has 134 valence electrons. The zero-order valence-corrected chi connectivity index (χ0v) is 15.7. The zero-order valence-electron chi connectivity index (χ0n) is 14.9. The predicted octanol–water partition coefficient (Wildman–Crippen LogP) is 4.01. The van der Waals surface area contributed by atoms with E-state index in [1.165, 1.54) is 10.7 Å². The number of aryl methyl sites for hydroxylation is 3. The van der Waals surface area contributed by atoms with Crippen LogP contribution in [0.1, 0.15) is 24.0 Å². The lowest BCUT2D eigenvalue weighted by molar-refractivity contribution is -0.116. The molecule has 0 atom stereocenters. The van der Waals surface area contributed by atoms with E-state index in [0.717, 1.165) is 27.4 Å². The molecule has 2 aromatic heterocycles. The van der Waals surface area contributed by atoms with Gasteiger partial charge in [0.05, 0.1) is 4.88 Å². The number of rotatable bonds is 6. The van der Waals surface area contributed by atoms with Gasteiger partial charge < -0.3 is 5.32 Å². The van der Waals surface area contributed by atoms with Crippen molar-refractivity contribution in [2.45, 2.75) is 33.2 Å². The fourth-order valence-corrected chi connectivity index (χ4v) is 3.33. The Morgan fingerprint density at radius 2 is 2.04 bits per heavy atom. The molecule has 0 saturated carbocycles. The smallest absolute Gasteiger partial charge is 0.266 e. The maximum absolute atomic E-state index is 12.2. The van der Waals surface area contributed by atoms with Crippen LogP contribution in [0.5, 0.6) is 0 Å². The molecule has 0 spiro atoms. The van der Waals surface area contributed by atoms with Gasteiger partial charge in [0.15, 0.2) is 0 Å². The Labute approximate surface area is 156 Å². The van der Waals surface area contributed by atoms with Crippen LogP contribution in [0.3, 0.4) is 0 Å². The Morgan fingerprint density at radius 1 is 1.19 bits per heavy atom. The van der Waals surface area contributed by atoms with Crippen molar-refractivity contribution < 1.29 is 4.79 Å². The number of nitrogens with one attached hydrogen (secondary N) is 1. The van der Waals surface area contributed by atoms with Crippen molar-refractivity contribution in [2.24, 2.45) is 0 Å². The summed E-state index contributed by atoms with van der Waals surface area (Å²) >= 11 is 1.58. The van der Waals surface area contributed by atoms with Crippen LogP contribution in [0.4, 0.5) is 5.69 Å². The van der Waals surface area contributed by atoms with Gasteiger partial charge in [-0.05, 0) is 55.0 Å². The standard InChI is InChI=1S/C20H21N3O2S/c1-14-7-8-15(2)17(13-14)21-19(24)6-3-11-23-20(25)10-9-16(22-23)18-5-4-12-26-18/h4-5,7-10,12-13H,3,6,11H2,1-2H3,(H,21,24). The molecule has 6 heteroatoms. The number of carbonyl (C=O) groups excluding carboxylic acids is 1. The summed E-state index contributed by atoms with van der Waals surface area (Å²) in [6, 6.07) is 13.2. The van der Waals surface area contributed by atoms with E-state index in [1.54, 1.807) is 17.4 Å². The summed E-state index contributed by atoms with van der Waals surface area (Å²) in [4.78, 5) is 25.2. The van der Waals surface area contributed by atoms with Gasteiger partial charge in [0.25, 0.3) is 5.56 Å². The largest absolute Gasteiger partial charge is 0.326 e. The summed E-state index contributed by atoms with van der Waals surface area (Å²) < 4.78 is 1.43. The van der Waals surface area contributed by atoms with Crippen molar-refractivity contribution in [1.82, 2.24) is 9.78 Å². The van der Waals surface area contributed by atoms with Crippen molar-refractivity contribution in [3.63, 3.8) is 0 Å². The van der Waals surface area contributed by atoms with E-state index in [9.17, 15) is 9.59 Å². The van der Waals surface area contributed by atoms with Gasteiger partial charge in [-0.3, -0.25) is 9.59 Å². The third kappa shape index (κ3) is 4.46. The summed E-state index contributed by atoms with van der Waals surface area (Å²) in [6.07, 6.45) is 0.891. The molecule has 1 aromatic carbocycles. The highest BCUT2D eigenvalue weighted by atomic mass is 32.1. The summed E-state index contributed by atoms with van der Waals surface area (Å²) in [5.74, 6) is -0.0545. The monoisotopic (exact) mass is 367 g/mol. The molecule has 0 unspecified atom stereocenters. The first kappa shape index (κ1) is 18.1. The van der Waals surface area contributed by atoms with Crippen LogP contribution in [0.25, 0.3) is 10.6 Å². The summed E-state index contributed by atoms with van der Waals surface area (Å²) in [5.41, 5.74) is 3.60. The third-order valence-corrected chi connectivity index (χ3v) is 4.97. The Kier molecular flexibility index (Phi) is 5.63. The van der Waals surface area contributed by atoms with Gasteiger partial charge in [-0.25, -0.2) is 4.68 Å². The molecule has 0 fully saturated rings. The van der Waals surface area contributed by atoms with E-state index in [1.807, 2.05) is 49.6 Å². The van der Waals surface area contributed by atoms with E-state index in [4.69, 9.17) is 0 Å². The minimum atomic E-state index is -0.153.